The van der Waals surface area contributed by atoms with Crippen molar-refractivity contribution in [1.82, 2.24) is 6.15 Å². The molecule has 0 amide bonds. The molecule has 0 spiro atoms. The third-order valence-electron chi connectivity index (χ3n) is 0.577. The molecular weight excluding hydrogens is 74.1 g/mol. The normalized spacial score (nSPS) is 5.83. The molecule has 1 heteroatoms. The standard InChI is InChI=1S/C5H10.H3N/c1-4-5(2)3;/h4H,1-3H3;1H3. The molecule has 0 aliphatic rings. The zero-order valence-corrected chi connectivity index (χ0v) is 4.78. The SMILES string of the molecule is CC=C(C)C.N. The van der Waals surface area contributed by atoms with E-state index in [1.54, 1.807) is 0 Å². The first-order valence-electron chi connectivity index (χ1n) is 1.87. The van der Waals surface area contributed by atoms with Gasteiger partial charge in [-0.15, -0.1) is 0 Å². The Morgan fingerprint density at radius 2 is 1.50 bits per heavy atom. The Morgan fingerprint density at radius 1 is 1.33 bits per heavy atom. The van der Waals surface area contributed by atoms with Crippen LogP contribution in [0.25, 0.3) is 0 Å². The summed E-state index contributed by atoms with van der Waals surface area (Å²) < 4.78 is 0. The fraction of sp³-hybridized carbons (Fsp3) is 0.600. The molecule has 0 saturated heterocycles. The number of hydrogen-bond acceptors (Lipinski definition) is 1. The lowest BCUT2D eigenvalue weighted by molar-refractivity contribution is 1.36. The number of allylic oxidation sites excluding steroid dienone is 2. The second kappa shape index (κ2) is 4.70. The average molecular weight is 87.2 g/mol. The molecule has 0 aromatic heterocycles. The zero-order chi connectivity index (χ0) is 4.28. The van der Waals surface area contributed by atoms with Crippen molar-refractivity contribution in [3.05, 3.63) is 11.6 Å². The summed E-state index contributed by atoms with van der Waals surface area (Å²) in [6.45, 7) is 6.20. The monoisotopic (exact) mass is 87.1 g/mol. The summed E-state index contributed by atoms with van der Waals surface area (Å²) in [5.41, 5.74) is 1.38. The van der Waals surface area contributed by atoms with Crippen LogP contribution in [0.1, 0.15) is 20.8 Å². The second-order valence-corrected chi connectivity index (χ2v) is 1.37. The molecule has 0 saturated carbocycles. The molecule has 1 nitrogen and oxygen atoms in total. The smallest absolute Gasteiger partial charge is 0.0442 e. The highest BCUT2D eigenvalue weighted by atomic mass is 14.0. The summed E-state index contributed by atoms with van der Waals surface area (Å²) >= 11 is 0. The zero-order valence-electron chi connectivity index (χ0n) is 4.78. The maximum Gasteiger partial charge on any atom is -0.0442 e. The van der Waals surface area contributed by atoms with Crippen LogP contribution < -0.4 is 6.15 Å². The van der Waals surface area contributed by atoms with Crippen LogP contribution in [0.15, 0.2) is 11.6 Å². The molecule has 0 aromatic rings. The van der Waals surface area contributed by atoms with Crippen molar-refractivity contribution < 1.29 is 0 Å². The van der Waals surface area contributed by atoms with Gasteiger partial charge in [-0.25, -0.2) is 0 Å². The molecule has 0 aliphatic carbocycles. The van der Waals surface area contributed by atoms with E-state index in [0.29, 0.717) is 0 Å². The van der Waals surface area contributed by atoms with Crippen molar-refractivity contribution >= 4 is 0 Å². The Kier molecular flexibility index (Phi) is 7.20. The molecule has 0 heterocycles. The first-order chi connectivity index (χ1) is 2.27. The minimum Gasteiger partial charge on any atom is -0.344 e. The Morgan fingerprint density at radius 3 is 1.50 bits per heavy atom. The van der Waals surface area contributed by atoms with Gasteiger partial charge in [0.25, 0.3) is 0 Å². The fourth-order valence-electron chi connectivity index (χ4n) is 0. The average Bonchev–Trinajstić information content (AvgIpc) is 1.38. The highest BCUT2D eigenvalue weighted by molar-refractivity contribution is 4.88. The minimum atomic E-state index is 0. The molecule has 0 atom stereocenters. The predicted octanol–water partition coefficient (Wildman–Crippen LogP) is 2.13. The van der Waals surface area contributed by atoms with Crippen LogP contribution in [-0.2, 0) is 0 Å². The van der Waals surface area contributed by atoms with E-state index in [-0.39, 0.29) is 6.15 Å². The van der Waals surface area contributed by atoms with Gasteiger partial charge in [-0.05, 0) is 20.8 Å². The molecule has 38 valence electrons. The van der Waals surface area contributed by atoms with E-state index in [1.807, 2.05) is 6.92 Å². The van der Waals surface area contributed by atoms with Crippen molar-refractivity contribution in [2.45, 2.75) is 20.8 Å². The van der Waals surface area contributed by atoms with E-state index in [1.165, 1.54) is 5.57 Å². The summed E-state index contributed by atoms with van der Waals surface area (Å²) in [4.78, 5) is 0. The van der Waals surface area contributed by atoms with Crippen LogP contribution in [0.3, 0.4) is 0 Å². The Bertz CT molecular complexity index is 41.9. The van der Waals surface area contributed by atoms with Crippen molar-refractivity contribution in [3.8, 4) is 0 Å². The van der Waals surface area contributed by atoms with E-state index < -0.39 is 0 Å². The van der Waals surface area contributed by atoms with E-state index in [4.69, 9.17) is 0 Å². The summed E-state index contributed by atoms with van der Waals surface area (Å²) in [6, 6.07) is 0. The van der Waals surface area contributed by atoms with Gasteiger partial charge in [0.15, 0.2) is 0 Å². The van der Waals surface area contributed by atoms with Crippen molar-refractivity contribution in [2.75, 3.05) is 0 Å². The van der Waals surface area contributed by atoms with Crippen molar-refractivity contribution in [3.63, 3.8) is 0 Å². The van der Waals surface area contributed by atoms with Gasteiger partial charge in [0.05, 0.1) is 0 Å². The molecule has 0 aromatic carbocycles. The lowest BCUT2D eigenvalue weighted by atomic mass is 10.3. The Labute approximate surface area is 39.6 Å². The van der Waals surface area contributed by atoms with Gasteiger partial charge in [-0.2, -0.15) is 0 Å². The quantitative estimate of drug-likeness (QED) is 0.451. The Balaban J connectivity index is 0. The first-order valence-corrected chi connectivity index (χ1v) is 1.87. The highest BCUT2D eigenvalue weighted by Gasteiger charge is 1.60. The fourth-order valence-corrected chi connectivity index (χ4v) is 0. The first kappa shape index (κ1) is 9.20. The van der Waals surface area contributed by atoms with Gasteiger partial charge in [-0.3, -0.25) is 0 Å². The van der Waals surface area contributed by atoms with Gasteiger partial charge in [0.2, 0.25) is 0 Å². The van der Waals surface area contributed by atoms with E-state index in [9.17, 15) is 0 Å². The Hall–Kier alpha value is -0.300. The van der Waals surface area contributed by atoms with Gasteiger partial charge in [0, 0.05) is 0 Å². The molecule has 0 fully saturated rings. The van der Waals surface area contributed by atoms with Gasteiger partial charge in [-0.1, -0.05) is 11.6 Å². The molecule has 0 aliphatic heterocycles. The van der Waals surface area contributed by atoms with Crippen LogP contribution in [-0.4, -0.2) is 0 Å². The third kappa shape index (κ3) is 9.33. The van der Waals surface area contributed by atoms with Gasteiger partial charge < -0.3 is 6.15 Å². The minimum absolute atomic E-state index is 0. The van der Waals surface area contributed by atoms with Crippen LogP contribution in [0.2, 0.25) is 0 Å². The molecule has 0 radical (unpaired) electrons. The van der Waals surface area contributed by atoms with Crippen LogP contribution in [0.4, 0.5) is 0 Å². The molecule has 6 heavy (non-hydrogen) atoms. The van der Waals surface area contributed by atoms with E-state index in [2.05, 4.69) is 19.9 Å². The number of hydrogen-bond donors (Lipinski definition) is 1. The van der Waals surface area contributed by atoms with Crippen LogP contribution in [0.5, 0.6) is 0 Å². The number of rotatable bonds is 0. The maximum absolute atomic E-state index is 2.08. The van der Waals surface area contributed by atoms with E-state index in [0.717, 1.165) is 0 Å². The lowest BCUT2D eigenvalue weighted by Gasteiger charge is -1.74. The lowest BCUT2D eigenvalue weighted by Crippen LogP contribution is -1.52. The van der Waals surface area contributed by atoms with Gasteiger partial charge >= 0.3 is 0 Å². The second-order valence-electron chi connectivity index (χ2n) is 1.37. The highest BCUT2D eigenvalue weighted by Crippen LogP contribution is 1.82. The van der Waals surface area contributed by atoms with E-state index >= 15 is 0 Å². The van der Waals surface area contributed by atoms with Crippen LogP contribution >= 0.6 is 0 Å². The maximum atomic E-state index is 2.08. The van der Waals surface area contributed by atoms with Crippen molar-refractivity contribution in [2.24, 2.45) is 0 Å². The van der Waals surface area contributed by atoms with Crippen LogP contribution in [0, 0.1) is 0 Å². The van der Waals surface area contributed by atoms with Gasteiger partial charge in [0.1, 0.15) is 0 Å². The van der Waals surface area contributed by atoms with Crippen molar-refractivity contribution in [1.29, 1.82) is 0 Å². The molecular formula is C5H13N. The molecule has 3 N–H and O–H groups in total. The molecule has 0 bridgehead atoms. The largest absolute Gasteiger partial charge is 0.344 e. The topological polar surface area (TPSA) is 35.0 Å². The molecule has 0 unspecified atom stereocenters. The summed E-state index contributed by atoms with van der Waals surface area (Å²) in [5, 5.41) is 0. The summed E-state index contributed by atoms with van der Waals surface area (Å²) in [6.07, 6.45) is 2.08. The molecule has 0 rings (SSSR count). The third-order valence-corrected chi connectivity index (χ3v) is 0.577. The summed E-state index contributed by atoms with van der Waals surface area (Å²) in [7, 11) is 0. The summed E-state index contributed by atoms with van der Waals surface area (Å²) in [5.74, 6) is 0. The predicted molar refractivity (Wildman–Crippen MR) is 30.1 cm³/mol.